The minimum Gasteiger partial charge on any atom is -0.382 e. The fraction of sp³-hybridized carbons (Fsp3) is 0.385. The number of amides is 1. The van der Waals surface area contributed by atoms with Gasteiger partial charge in [0.25, 0.3) is 5.91 Å². The molecule has 0 atom stereocenters. The van der Waals surface area contributed by atoms with E-state index in [0.717, 1.165) is 21.0 Å². The lowest BCUT2D eigenvalue weighted by atomic mass is 10.3. The van der Waals surface area contributed by atoms with E-state index in [4.69, 9.17) is 5.73 Å². The SMILES string of the molecule is CCN(C)c1nc(N)c(C(=O)N(C)Cc2csc(Br)c2)s1. The number of hydrogen-bond acceptors (Lipinski definition) is 6. The Morgan fingerprint density at radius 1 is 1.48 bits per heavy atom. The Morgan fingerprint density at radius 2 is 2.19 bits per heavy atom. The second-order valence-corrected chi connectivity index (χ2v) is 7.91. The van der Waals surface area contributed by atoms with Crippen LogP contribution in [0, 0.1) is 0 Å². The molecular weight excluding hydrogens is 372 g/mol. The Balaban J connectivity index is 2.13. The van der Waals surface area contributed by atoms with E-state index in [2.05, 4.69) is 20.9 Å². The van der Waals surface area contributed by atoms with Gasteiger partial charge in [-0.2, -0.15) is 0 Å². The Kier molecular flexibility index (Phi) is 5.23. The van der Waals surface area contributed by atoms with E-state index in [9.17, 15) is 4.79 Å². The Hall–Kier alpha value is -1.12. The summed E-state index contributed by atoms with van der Waals surface area (Å²) in [6.07, 6.45) is 0. The molecular formula is C13H17BrN4OS2. The van der Waals surface area contributed by atoms with Gasteiger partial charge in [-0.05, 0) is 39.9 Å². The summed E-state index contributed by atoms with van der Waals surface area (Å²) < 4.78 is 1.06. The van der Waals surface area contributed by atoms with Crippen LogP contribution < -0.4 is 10.6 Å². The van der Waals surface area contributed by atoms with Gasteiger partial charge in [0.2, 0.25) is 0 Å². The number of carbonyl (C=O) groups is 1. The molecule has 21 heavy (non-hydrogen) atoms. The molecule has 0 aliphatic rings. The van der Waals surface area contributed by atoms with E-state index in [1.54, 1.807) is 23.3 Å². The van der Waals surface area contributed by atoms with Gasteiger partial charge in [0, 0.05) is 27.2 Å². The number of nitrogen functional groups attached to an aromatic ring is 1. The van der Waals surface area contributed by atoms with E-state index < -0.39 is 0 Å². The molecule has 2 N–H and O–H groups in total. The first kappa shape index (κ1) is 16.3. The predicted molar refractivity (Wildman–Crippen MR) is 93.3 cm³/mol. The monoisotopic (exact) mass is 388 g/mol. The van der Waals surface area contributed by atoms with Gasteiger partial charge in [0.05, 0.1) is 3.79 Å². The van der Waals surface area contributed by atoms with Crippen LogP contribution in [0.4, 0.5) is 10.9 Å². The molecule has 0 bridgehead atoms. The second-order valence-electron chi connectivity index (χ2n) is 4.65. The third-order valence-corrected chi connectivity index (χ3v) is 5.75. The standard InChI is InChI=1S/C13H17BrN4OS2/c1-4-17(2)13-16-11(15)10(21-13)12(19)18(3)6-8-5-9(14)20-7-8/h5,7H,4,6,15H2,1-3H3. The molecule has 0 unspecified atom stereocenters. The van der Waals surface area contributed by atoms with Crippen molar-refractivity contribution < 1.29 is 4.79 Å². The Morgan fingerprint density at radius 3 is 2.76 bits per heavy atom. The smallest absolute Gasteiger partial charge is 0.267 e. The van der Waals surface area contributed by atoms with Crippen molar-refractivity contribution in [3.8, 4) is 0 Å². The normalized spacial score (nSPS) is 10.7. The van der Waals surface area contributed by atoms with Crippen LogP contribution in [0.2, 0.25) is 0 Å². The number of halogens is 1. The molecule has 0 saturated carbocycles. The molecule has 114 valence electrons. The number of aromatic nitrogens is 1. The van der Waals surface area contributed by atoms with Crippen LogP contribution in [-0.2, 0) is 6.54 Å². The molecule has 0 aliphatic heterocycles. The number of thiazole rings is 1. The van der Waals surface area contributed by atoms with E-state index in [1.807, 2.05) is 30.3 Å². The largest absolute Gasteiger partial charge is 0.382 e. The van der Waals surface area contributed by atoms with Gasteiger partial charge in [0.1, 0.15) is 10.7 Å². The van der Waals surface area contributed by atoms with Gasteiger partial charge >= 0.3 is 0 Å². The summed E-state index contributed by atoms with van der Waals surface area (Å²) in [6, 6.07) is 2.01. The van der Waals surface area contributed by atoms with Crippen LogP contribution >= 0.6 is 38.6 Å². The van der Waals surface area contributed by atoms with Gasteiger partial charge in [-0.15, -0.1) is 11.3 Å². The van der Waals surface area contributed by atoms with Gasteiger partial charge in [-0.3, -0.25) is 4.79 Å². The number of nitrogens with two attached hydrogens (primary N) is 1. The van der Waals surface area contributed by atoms with Crippen LogP contribution in [0.15, 0.2) is 15.2 Å². The zero-order valence-corrected chi connectivity index (χ0v) is 15.3. The maximum atomic E-state index is 12.5. The zero-order valence-electron chi connectivity index (χ0n) is 12.1. The van der Waals surface area contributed by atoms with Crippen molar-refractivity contribution in [2.24, 2.45) is 0 Å². The average molecular weight is 389 g/mol. The summed E-state index contributed by atoms with van der Waals surface area (Å²) >= 11 is 6.37. The van der Waals surface area contributed by atoms with Crippen LogP contribution in [0.3, 0.4) is 0 Å². The summed E-state index contributed by atoms with van der Waals surface area (Å²) in [7, 11) is 3.70. The van der Waals surface area contributed by atoms with Crippen molar-refractivity contribution in [2.75, 3.05) is 31.3 Å². The zero-order chi connectivity index (χ0) is 15.6. The highest BCUT2D eigenvalue weighted by atomic mass is 79.9. The average Bonchev–Trinajstić information content (AvgIpc) is 3.03. The molecule has 0 fully saturated rings. The van der Waals surface area contributed by atoms with E-state index in [-0.39, 0.29) is 5.91 Å². The maximum absolute atomic E-state index is 12.5. The van der Waals surface area contributed by atoms with Gasteiger partial charge in [0.15, 0.2) is 5.13 Å². The molecule has 0 saturated heterocycles. The number of thiophene rings is 1. The minimum atomic E-state index is -0.0944. The van der Waals surface area contributed by atoms with Gasteiger partial charge < -0.3 is 15.5 Å². The molecule has 2 aromatic rings. The molecule has 2 aromatic heterocycles. The summed E-state index contributed by atoms with van der Waals surface area (Å²) in [4.78, 5) is 20.9. The number of carbonyl (C=O) groups excluding carboxylic acids is 1. The maximum Gasteiger partial charge on any atom is 0.267 e. The lowest BCUT2D eigenvalue weighted by Gasteiger charge is -2.15. The van der Waals surface area contributed by atoms with Crippen molar-refractivity contribution >= 4 is 55.5 Å². The third-order valence-electron chi connectivity index (χ3n) is 3.03. The van der Waals surface area contributed by atoms with Crippen molar-refractivity contribution in [3.05, 3.63) is 25.7 Å². The first-order valence-corrected chi connectivity index (χ1v) is 8.87. The predicted octanol–water partition coefficient (Wildman–Crippen LogP) is 3.28. The van der Waals surface area contributed by atoms with E-state index >= 15 is 0 Å². The molecule has 0 radical (unpaired) electrons. The Bertz CT molecular complexity index is 640. The van der Waals surface area contributed by atoms with Crippen molar-refractivity contribution in [1.82, 2.24) is 9.88 Å². The molecule has 1 amide bonds. The Labute approximate surface area is 140 Å². The molecule has 5 nitrogen and oxygen atoms in total. The number of hydrogen-bond donors (Lipinski definition) is 1. The number of rotatable bonds is 5. The molecule has 2 rings (SSSR count). The van der Waals surface area contributed by atoms with Crippen molar-refractivity contribution in [3.63, 3.8) is 0 Å². The van der Waals surface area contributed by atoms with E-state index in [1.165, 1.54) is 11.3 Å². The van der Waals surface area contributed by atoms with Crippen molar-refractivity contribution in [1.29, 1.82) is 0 Å². The molecule has 2 heterocycles. The van der Waals surface area contributed by atoms with Crippen LogP contribution in [-0.4, -0.2) is 36.4 Å². The van der Waals surface area contributed by atoms with Crippen molar-refractivity contribution in [2.45, 2.75) is 13.5 Å². The third kappa shape index (κ3) is 3.75. The number of anilines is 2. The molecule has 0 aromatic carbocycles. The van der Waals surface area contributed by atoms with E-state index in [0.29, 0.717) is 17.2 Å². The lowest BCUT2D eigenvalue weighted by molar-refractivity contribution is 0.0791. The van der Waals surface area contributed by atoms with Gasteiger partial charge in [-0.1, -0.05) is 11.3 Å². The second kappa shape index (κ2) is 6.76. The quantitative estimate of drug-likeness (QED) is 0.853. The molecule has 0 spiro atoms. The van der Waals surface area contributed by atoms with Crippen LogP contribution in [0.25, 0.3) is 0 Å². The lowest BCUT2D eigenvalue weighted by Crippen LogP contribution is -2.25. The fourth-order valence-electron chi connectivity index (χ4n) is 1.72. The van der Waals surface area contributed by atoms with Gasteiger partial charge in [-0.25, -0.2) is 4.98 Å². The van der Waals surface area contributed by atoms with Crippen LogP contribution in [0.5, 0.6) is 0 Å². The van der Waals surface area contributed by atoms with Crippen LogP contribution in [0.1, 0.15) is 22.2 Å². The molecule has 0 aliphatic carbocycles. The minimum absolute atomic E-state index is 0.0944. The highest BCUT2D eigenvalue weighted by Gasteiger charge is 2.21. The highest BCUT2D eigenvalue weighted by molar-refractivity contribution is 9.11. The summed E-state index contributed by atoms with van der Waals surface area (Å²) in [5, 5.41) is 2.80. The fourth-order valence-corrected chi connectivity index (χ4v) is 3.92. The number of nitrogens with zero attached hydrogens (tertiary/aromatic N) is 3. The topological polar surface area (TPSA) is 62.5 Å². The summed E-state index contributed by atoms with van der Waals surface area (Å²) in [5.41, 5.74) is 6.98. The highest BCUT2D eigenvalue weighted by Crippen LogP contribution is 2.29. The first-order valence-electron chi connectivity index (χ1n) is 6.38. The first-order chi connectivity index (χ1) is 9.92. The molecule has 8 heteroatoms. The summed E-state index contributed by atoms with van der Waals surface area (Å²) in [6.45, 7) is 3.40. The summed E-state index contributed by atoms with van der Waals surface area (Å²) in [5.74, 6) is 0.210.